The van der Waals surface area contributed by atoms with Crippen LogP contribution in [0.2, 0.25) is 5.02 Å². The minimum absolute atomic E-state index is 0.0210. The average molecular weight is 292 g/mol. The number of hydrogen-bond donors (Lipinski definition) is 0. The summed E-state index contributed by atoms with van der Waals surface area (Å²) in [5, 5.41) is 1.47. The van der Waals surface area contributed by atoms with Crippen molar-refractivity contribution in [2.45, 2.75) is 45.7 Å². The van der Waals surface area contributed by atoms with Gasteiger partial charge in [-0.15, -0.1) is 0 Å². The zero-order valence-electron chi connectivity index (χ0n) is 11.9. The molecule has 1 amide bonds. The highest BCUT2D eigenvalue weighted by atomic mass is 35.5. The lowest BCUT2D eigenvalue weighted by Gasteiger charge is -2.25. The van der Waals surface area contributed by atoms with Gasteiger partial charge in [0.05, 0.1) is 5.02 Å². The number of halogens is 1. The maximum atomic E-state index is 12.8. The van der Waals surface area contributed by atoms with Gasteiger partial charge < -0.3 is 9.32 Å². The third kappa shape index (κ3) is 2.10. The largest absolute Gasteiger partial charge is 0.449 e. The van der Waals surface area contributed by atoms with E-state index in [1.165, 1.54) is 0 Å². The summed E-state index contributed by atoms with van der Waals surface area (Å²) in [6.45, 7) is 6.00. The summed E-state index contributed by atoms with van der Waals surface area (Å²) in [6.07, 6.45) is 2.17. The third-order valence-corrected chi connectivity index (χ3v) is 4.14. The number of carbonyl (C=O) groups is 1. The number of nitrogens with zero attached hydrogens (tertiary/aromatic N) is 1. The second-order valence-electron chi connectivity index (χ2n) is 5.71. The summed E-state index contributed by atoms with van der Waals surface area (Å²) in [5.41, 5.74) is 1.48. The van der Waals surface area contributed by atoms with E-state index < -0.39 is 0 Å². The molecule has 20 heavy (non-hydrogen) atoms. The Bertz CT molecular complexity index is 668. The van der Waals surface area contributed by atoms with Gasteiger partial charge in [0, 0.05) is 23.0 Å². The Morgan fingerprint density at radius 3 is 2.65 bits per heavy atom. The fraction of sp³-hybridized carbons (Fsp3) is 0.438. The lowest BCUT2D eigenvalue weighted by molar-refractivity contribution is 0.0659. The summed E-state index contributed by atoms with van der Waals surface area (Å²) >= 11 is 6.15. The van der Waals surface area contributed by atoms with E-state index >= 15 is 0 Å². The van der Waals surface area contributed by atoms with E-state index in [1.54, 1.807) is 6.07 Å². The van der Waals surface area contributed by atoms with Crippen LogP contribution in [0.1, 0.15) is 42.8 Å². The monoisotopic (exact) mass is 291 g/mol. The average Bonchev–Trinajstić information content (AvgIpc) is 3.15. The Hall–Kier alpha value is -1.48. The van der Waals surface area contributed by atoms with E-state index in [4.69, 9.17) is 16.0 Å². The molecule has 0 radical (unpaired) electrons. The SMILES string of the molecule is Cc1c(C(=O)N(C(C)C)C2CC2)oc2c(Cl)cccc12. The second-order valence-corrected chi connectivity index (χ2v) is 6.12. The molecule has 0 unspecified atom stereocenters. The van der Waals surface area contributed by atoms with Gasteiger partial charge in [0.2, 0.25) is 0 Å². The minimum atomic E-state index is -0.0210. The number of carbonyl (C=O) groups excluding carboxylic acids is 1. The zero-order chi connectivity index (χ0) is 14.4. The maximum absolute atomic E-state index is 12.8. The molecule has 0 aliphatic heterocycles. The standard InChI is InChI=1S/C16H18ClNO2/c1-9(2)18(11-7-8-11)16(19)14-10(3)12-5-4-6-13(17)15(12)20-14/h4-6,9,11H,7-8H2,1-3H3. The van der Waals surface area contributed by atoms with Crippen molar-refractivity contribution in [1.82, 2.24) is 4.90 Å². The first-order valence-electron chi connectivity index (χ1n) is 7.01. The molecule has 0 spiro atoms. The van der Waals surface area contributed by atoms with Gasteiger partial charge in [-0.2, -0.15) is 0 Å². The van der Waals surface area contributed by atoms with Crippen LogP contribution < -0.4 is 0 Å². The molecule has 2 aromatic rings. The fourth-order valence-electron chi connectivity index (χ4n) is 2.70. The van der Waals surface area contributed by atoms with Gasteiger partial charge >= 0.3 is 0 Å². The molecule has 0 N–H and O–H groups in total. The molecule has 1 saturated carbocycles. The Labute approximate surface area is 123 Å². The summed E-state index contributed by atoms with van der Waals surface area (Å²) in [5.74, 6) is 0.404. The molecule has 3 rings (SSSR count). The summed E-state index contributed by atoms with van der Waals surface area (Å²) in [6, 6.07) is 6.14. The van der Waals surface area contributed by atoms with E-state index in [1.807, 2.05) is 37.8 Å². The first-order chi connectivity index (χ1) is 9.50. The van der Waals surface area contributed by atoms with Crippen LogP contribution in [0.15, 0.2) is 22.6 Å². The van der Waals surface area contributed by atoms with Crippen LogP contribution in [0.4, 0.5) is 0 Å². The Morgan fingerprint density at radius 1 is 1.40 bits per heavy atom. The molecule has 0 saturated heterocycles. The zero-order valence-corrected chi connectivity index (χ0v) is 12.7. The van der Waals surface area contributed by atoms with Crippen LogP contribution in [-0.2, 0) is 0 Å². The molecule has 1 aromatic heterocycles. The summed E-state index contributed by atoms with van der Waals surface area (Å²) in [7, 11) is 0. The Balaban J connectivity index is 2.07. The molecule has 3 nitrogen and oxygen atoms in total. The van der Waals surface area contributed by atoms with Gasteiger partial charge in [-0.05, 0) is 39.7 Å². The van der Waals surface area contributed by atoms with E-state index in [0.717, 1.165) is 23.8 Å². The number of rotatable bonds is 3. The molecule has 0 bridgehead atoms. The van der Waals surface area contributed by atoms with Gasteiger partial charge in [0.15, 0.2) is 11.3 Å². The van der Waals surface area contributed by atoms with E-state index in [-0.39, 0.29) is 11.9 Å². The van der Waals surface area contributed by atoms with Crippen molar-refractivity contribution in [3.63, 3.8) is 0 Å². The van der Waals surface area contributed by atoms with Crippen molar-refractivity contribution in [2.24, 2.45) is 0 Å². The number of benzene rings is 1. The first-order valence-corrected chi connectivity index (χ1v) is 7.38. The van der Waals surface area contributed by atoms with Crippen LogP contribution >= 0.6 is 11.6 Å². The maximum Gasteiger partial charge on any atom is 0.290 e. The van der Waals surface area contributed by atoms with Gasteiger partial charge in [-0.1, -0.05) is 23.7 Å². The predicted octanol–water partition coefficient (Wildman–Crippen LogP) is 4.41. The molecule has 1 heterocycles. The highest BCUT2D eigenvalue weighted by Gasteiger charge is 2.36. The van der Waals surface area contributed by atoms with E-state index in [2.05, 4.69) is 0 Å². The summed E-state index contributed by atoms with van der Waals surface area (Å²) in [4.78, 5) is 14.7. The van der Waals surface area contributed by atoms with E-state index in [9.17, 15) is 4.79 Å². The predicted molar refractivity (Wildman–Crippen MR) is 80.3 cm³/mol. The molecule has 106 valence electrons. The lowest BCUT2D eigenvalue weighted by Crippen LogP contribution is -2.38. The number of hydrogen-bond acceptors (Lipinski definition) is 2. The van der Waals surface area contributed by atoms with Crippen LogP contribution in [0.5, 0.6) is 0 Å². The topological polar surface area (TPSA) is 33.5 Å². The number of fused-ring (bicyclic) bond motifs is 1. The van der Waals surface area contributed by atoms with Crippen molar-refractivity contribution in [1.29, 1.82) is 0 Å². The van der Waals surface area contributed by atoms with E-state index in [0.29, 0.717) is 22.4 Å². The molecule has 1 aliphatic carbocycles. The highest BCUT2D eigenvalue weighted by Crippen LogP contribution is 2.34. The number of aryl methyl sites for hydroxylation is 1. The quantitative estimate of drug-likeness (QED) is 0.839. The highest BCUT2D eigenvalue weighted by molar-refractivity contribution is 6.35. The van der Waals surface area contributed by atoms with Crippen molar-refractivity contribution >= 4 is 28.5 Å². The van der Waals surface area contributed by atoms with Crippen LogP contribution in [0.3, 0.4) is 0 Å². The number of para-hydroxylation sites is 1. The summed E-state index contributed by atoms with van der Waals surface area (Å²) < 4.78 is 5.78. The van der Waals surface area contributed by atoms with Crippen molar-refractivity contribution < 1.29 is 9.21 Å². The molecular weight excluding hydrogens is 274 g/mol. The van der Waals surface area contributed by atoms with Crippen molar-refractivity contribution in [2.75, 3.05) is 0 Å². The molecule has 0 atom stereocenters. The molecule has 1 aromatic carbocycles. The molecule has 1 aliphatic rings. The molecule has 1 fully saturated rings. The van der Waals surface area contributed by atoms with Crippen LogP contribution in [0.25, 0.3) is 11.0 Å². The number of amides is 1. The Morgan fingerprint density at radius 2 is 2.10 bits per heavy atom. The van der Waals surface area contributed by atoms with Crippen molar-refractivity contribution in [3.05, 3.63) is 34.5 Å². The smallest absolute Gasteiger partial charge is 0.290 e. The van der Waals surface area contributed by atoms with Gasteiger partial charge in [0.1, 0.15) is 0 Å². The van der Waals surface area contributed by atoms with Gasteiger partial charge in [-0.25, -0.2) is 0 Å². The molecule has 4 heteroatoms. The molecular formula is C16H18ClNO2. The first kappa shape index (κ1) is 13.5. The normalized spacial score (nSPS) is 15.1. The van der Waals surface area contributed by atoms with Crippen LogP contribution in [0, 0.1) is 6.92 Å². The van der Waals surface area contributed by atoms with Crippen molar-refractivity contribution in [3.8, 4) is 0 Å². The Kier molecular flexibility index (Phi) is 3.25. The lowest BCUT2D eigenvalue weighted by atomic mass is 10.1. The number of furan rings is 1. The van der Waals surface area contributed by atoms with Crippen LogP contribution in [-0.4, -0.2) is 22.9 Å². The second kappa shape index (κ2) is 4.81. The van der Waals surface area contributed by atoms with Gasteiger partial charge in [-0.3, -0.25) is 4.79 Å². The minimum Gasteiger partial charge on any atom is -0.449 e. The third-order valence-electron chi connectivity index (χ3n) is 3.84. The fourth-order valence-corrected chi connectivity index (χ4v) is 2.92. The van der Waals surface area contributed by atoms with Gasteiger partial charge in [0.25, 0.3) is 5.91 Å².